The van der Waals surface area contributed by atoms with Crippen LogP contribution in [0.5, 0.6) is 0 Å². The normalized spacial score (nSPS) is 11.2. The zero-order chi connectivity index (χ0) is 39.2. The third-order valence-electron chi connectivity index (χ3n) is 9.38. The predicted molar refractivity (Wildman–Crippen MR) is 242 cm³/mol. The fourth-order valence-electron chi connectivity index (χ4n) is 5.22. The molecule has 0 saturated carbocycles. The summed E-state index contributed by atoms with van der Waals surface area (Å²) in [7, 11) is 4.34. The molecule has 4 aromatic carbocycles. The summed E-state index contributed by atoms with van der Waals surface area (Å²) in [5.41, 5.74) is 18.4. The monoisotopic (exact) mass is 1020 g/mol. The Labute approximate surface area is 355 Å². The Bertz CT molecular complexity index is 1830. The molecule has 10 heteroatoms. The Morgan fingerprint density at radius 1 is 0.706 bits per heavy atom. The minimum atomic E-state index is -0.787. The molecule has 0 spiro atoms. The maximum atomic E-state index is 10.5. The second kappa shape index (κ2) is 23.5. The molecule has 0 bridgehead atoms. The van der Waals surface area contributed by atoms with Crippen molar-refractivity contribution in [1.82, 2.24) is 0 Å². The number of hydrogen-bond acceptors (Lipinski definition) is 3. The van der Waals surface area contributed by atoms with Crippen LogP contribution < -0.4 is 0 Å². The molecule has 4 aromatic rings. The maximum absolute atomic E-state index is 10.5. The zero-order valence-corrected chi connectivity index (χ0v) is 39.8. The molecule has 0 amide bonds. The molecule has 5 rings (SSSR count). The van der Waals surface area contributed by atoms with E-state index in [-0.39, 0.29) is 6.42 Å². The molecular formula is C41H48BBr5NO2S. The van der Waals surface area contributed by atoms with Gasteiger partial charge >= 0.3 is 30.7 Å². The number of aryl methyl sites for hydroxylation is 2. The molecule has 273 valence electrons. The number of alkyl halides is 1. The summed E-state index contributed by atoms with van der Waals surface area (Å²) < 4.78 is 7.37. The molecule has 1 aliphatic carbocycles. The van der Waals surface area contributed by atoms with Gasteiger partial charge in [0, 0.05) is 23.2 Å². The van der Waals surface area contributed by atoms with E-state index in [9.17, 15) is 4.79 Å². The van der Waals surface area contributed by atoms with Gasteiger partial charge in [-0.25, -0.2) is 0 Å². The van der Waals surface area contributed by atoms with Crippen molar-refractivity contribution in [2.45, 2.75) is 93.3 Å². The van der Waals surface area contributed by atoms with E-state index in [2.05, 4.69) is 190 Å². The number of rotatable bonds is 3. The van der Waals surface area contributed by atoms with Gasteiger partial charge in [0.2, 0.25) is 0 Å². The molecular weight excluding hydrogens is 981 g/mol. The zero-order valence-electron chi connectivity index (χ0n) is 31.0. The van der Waals surface area contributed by atoms with Crippen molar-refractivity contribution in [3.63, 3.8) is 0 Å². The first-order valence-corrected chi connectivity index (χ1v) is 21.0. The average molecular weight is 1030 g/mol. The molecule has 0 heterocycles. The van der Waals surface area contributed by atoms with E-state index in [0.29, 0.717) is 0 Å². The third kappa shape index (κ3) is 14.8. The van der Waals surface area contributed by atoms with E-state index in [1.807, 2.05) is 26.0 Å². The number of allylic oxidation sites excluding steroid dienone is 1. The standard InChI is InChI=1S/C13H15Br.C10H11BrO2.C9H10Br2.C9H11Br.BHNS/c1-8-4-5-11-7-13(14)10(3)9(2)12(11)6-8;1-6-7(2)9(11)4-3-8(6)5-10(12)13;1-6-7(2)9(11)4-3-8(6)5-10;1-6-4-5-9(10)8(3)7(6)2;1-2-3/h7H,1,4-6H2,2-3H3;3-4H,5H2,1-2H3,(H,12,13);3-4H,5H2,1-2H3;4-5H,1-3H3;3H. The van der Waals surface area contributed by atoms with Crippen LogP contribution in [-0.4, -0.2) is 18.7 Å². The molecule has 0 aromatic heterocycles. The fourth-order valence-corrected chi connectivity index (χ4v) is 7.69. The van der Waals surface area contributed by atoms with Crippen molar-refractivity contribution < 1.29 is 9.90 Å². The van der Waals surface area contributed by atoms with Crippen molar-refractivity contribution in [1.29, 1.82) is 0 Å². The number of nitrogens with zero attached hydrogens (tertiary/aromatic N) is 1. The number of carboxylic acids is 1. The van der Waals surface area contributed by atoms with Gasteiger partial charge in [0.15, 0.2) is 0 Å². The summed E-state index contributed by atoms with van der Waals surface area (Å²) >= 11 is 20.6. The minimum absolute atomic E-state index is 0.0972. The molecule has 0 aliphatic heterocycles. The van der Waals surface area contributed by atoms with Crippen LogP contribution >= 0.6 is 92.5 Å². The van der Waals surface area contributed by atoms with Gasteiger partial charge in [0.05, 0.1) is 6.42 Å². The van der Waals surface area contributed by atoms with Gasteiger partial charge < -0.3 is 5.11 Å². The van der Waals surface area contributed by atoms with Gasteiger partial charge in [-0.15, -0.1) is 0 Å². The Morgan fingerprint density at radius 3 is 1.61 bits per heavy atom. The SMILES string of the molecule is C=C1CCc2cc(Br)c(C)c(C)c2C1.Cc1c(Br)ccc(CBr)c1C.Cc1c(Br)ccc(CC(=O)O)c1C.Cc1ccc(Br)c(C)c1C.[B]=NS. The summed E-state index contributed by atoms with van der Waals surface area (Å²) in [6, 6.07) is 14.5. The van der Waals surface area contributed by atoms with Crippen LogP contribution in [0.2, 0.25) is 0 Å². The quantitative estimate of drug-likeness (QED) is 0.0930. The van der Waals surface area contributed by atoms with Gasteiger partial charge in [0.1, 0.15) is 0 Å². The molecule has 1 radical (unpaired) electrons. The van der Waals surface area contributed by atoms with Gasteiger partial charge in [0.25, 0.3) is 0 Å². The molecule has 0 saturated heterocycles. The Balaban J connectivity index is 0.000000334. The van der Waals surface area contributed by atoms with Crippen molar-refractivity contribution in [3.05, 3.63) is 145 Å². The topological polar surface area (TPSA) is 49.7 Å². The van der Waals surface area contributed by atoms with E-state index in [1.54, 1.807) is 0 Å². The summed E-state index contributed by atoms with van der Waals surface area (Å²) in [5.74, 6) is -0.787. The molecule has 3 nitrogen and oxygen atoms in total. The van der Waals surface area contributed by atoms with Crippen LogP contribution in [0.4, 0.5) is 0 Å². The number of carbonyl (C=O) groups is 1. The Kier molecular flexibility index (Phi) is 22.0. The summed E-state index contributed by atoms with van der Waals surface area (Å²) in [5, 5.41) is 9.58. The number of benzene rings is 4. The van der Waals surface area contributed by atoms with Gasteiger partial charge in [-0.1, -0.05) is 110 Å². The van der Waals surface area contributed by atoms with Crippen molar-refractivity contribution in [2.75, 3.05) is 0 Å². The van der Waals surface area contributed by atoms with Gasteiger partial charge in [-0.2, -0.15) is 0 Å². The molecule has 1 N–H and O–H groups in total. The number of halogens is 5. The summed E-state index contributed by atoms with van der Waals surface area (Å²) in [6.45, 7) is 23.1. The molecule has 1 aliphatic rings. The van der Waals surface area contributed by atoms with E-state index in [0.717, 1.165) is 45.8 Å². The number of hydrogen-bond donors (Lipinski definition) is 2. The fraction of sp³-hybridized carbons (Fsp3) is 0.341. The van der Waals surface area contributed by atoms with E-state index in [1.165, 1.54) is 74.6 Å². The average Bonchev–Trinajstić information content (AvgIpc) is 3.09. The number of carboxylic acid groups (broad SMARTS) is 1. The van der Waals surface area contributed by atoms with Gasteiger partial charge in [-0.05, 0) is 178 Å². The number of thiol groups is 1. The van der Waals surface area contributed by atoms with Crippen LogP contribution in [0.15, 0.2) is 76.8 Å². The second-order valence-electron chi connectivity index (χ2n) is 12.5. The first-order valence-electron chi connectivity index (χ1n) is 16.3. The van der Waals surface area contributed by atoms with Crippen LogP contribution in [0.25, 0.3) is 0 Å². The van der Waals surface area contributed by atoms with E-state index >= 15 is 0 Å². The first kappa shape index (κ1) is 47.7. The van der Waals surface area contributed by atoms with Crippen LogP contribution in [-0.2, 0) is 29.4 Å². The second-order valence-corrected chi connectivity index (χ2v) is 16.7. The van der Waals surface area contributed by atoms with E-state index in [4.69, 9.17) is 5.11 Å². The van der Waals surface area contributed by atoms with Gasteiger partial charge in [-0.3, -0.25) is 4.79 Å². The van der Waals surface area contributed by atoms with Crippen molar-refractivity contribution in [3.8, 4) is 0 Å². The van der Waals surface area contributed by atoms with Crippen LogP contribution in [0.3, 0.4) is 0 Å². The Hall–Kier alpha value is -1.30. The summed E-state index contributed by atoms with van der Waals surface area (Å²) in [4.78, 5) is 10.5. The van der Waals surface area contributed by atoms with Crippen LogP contribution in [0, 0.1) is 62.3 Å². The van der Waals surface area contributed by atoms with Crippen LogP contribution in [0.1, 0.15) is 78.7 Å². The molecule has 51 heavy (non-hydrogen) atoms. The van der Waals surface area contributed by atoms with E-state index < -0.39 is 5.97 Å². The first-order chi connectivity index (χ1) is 23.8. The van der Waals surface area contributed by atoms with Crippen molar-refractivity contribution in [2.24, 2.45) is 4.30 Å². The summed E-state index contributed by atoms with van der Waals surface area (Å²) in [6.07, 6.45) is 3.49. The number of aliphatic carboxylic acids is 1. The molecule has 0 unspecified atom stereocenters. The third-order valence-corrected chi connectivity index (χ3v) is 13.4. The Morgan fingerprint density at radius 2 is 1.14 bits per heavy atom. The van der Waals surface area contributed by atoms with Crippen molar-refractivity contribution >= 4 is 106 Å². The molecule has 0 atom stereocenters. The predicted octanol–water partition coefficient (Wildman–Crippen LogP) is 14.3. The molecule has 0 fully saturated rings. The number of fused-ring (bicyclic) bond motifs is 1.